The highest BCUT2D eigenvalue weighted by molar-refractivity contribution is 5.82. The van der Waals surface area contributed by atoms with Crippen LogP contribution in [0.4, 0.5) is 0 Å². The second-order valence-corrected chi connectivity index (χ2v) is 6.52. The van der Waals surface area contributed by atoms with Crippen molar-refractivity contribution in [3.05, 3.63) is 18.0 Å². The first-order valence-corrected chi connectivity index (χ1v) is 8.79. The Labute approximate surface area is 138 Å². The Balaban J connectivity index is 1.64. The first-order valence-electron chi connectivity index (χ1n) is 8.79. The summed E-state index contributed by atoms with van der Waals surface area (Å²) in [6, 6.07) is 2.06. The van der Waals surface area contributed by atoms with Gasteiger partial charge in [0.25, 0.3) is 0 Å². The average Bonchev–Trinajstić information content (AvgIpc) is 3.31. The van der Waals surface area contributed by atoms with Gasteiger partial charge in [-0.15, -0.1) is 0 Å². The van der Waals surface area contributed by atoms with E-state index in [1.165, 1.54) is 5.69 Å². The summed E-state index contributed by atoms with van der Waals surface area (Å²) in [5, 5.41) is 4.33. The van der Waals surface area contributed by atoms with Crippen LogP contribution in [-0.4, -0.2) is 70.9 Å². The van der Waals surface area contributed by atoms with E-state index < -0.39 is 0 Å². The summed E-state index contributed by atoms with van der Waals surface area (Å²) in [5.41, 5.74) is 1.24. The molecule has 1 amide bonds. The molecule has 1 aromatic rings. The summed E-state index contributed by atoms with van der Waals surface area (Å²) < 4.78 is 7.57. The largest absolute Gasteiger partial charge is 0.380 e. The van der Waals surface area contributed by atoms with Crippen LogP contribution in [0.2, 0.25) is 0 Å². The standard InChI is InChI=1S/C17H28N4O2/c1-3-21-14(6-8-18-21)7-11-20-13-15(23-2)12-16(20)17(22)19-9-4-5-10-19/h6,8,15-16H,3-5,7,9-13H2,1-2H3/t15-,16-/m0/s1. The minimum atomic E-state index is -0.0175. The van der Waals surface area contributed by atoms with Gasteiger partial charge in [0.15, 0.2) is 0 Å². The van der Waals surface area contributed by atoms with Gasteiger partial charge >= 0.3 is 0 Å². The van der Waals surface area contributed by atoms with Crippen LogP contribution < -0.4 is 0 Å². The second kappa shape index (κ2) is 7.45. The molecule has 2 fully saturated rings. The maximum absolute atomic E-state index is 12.8. The van der Waals surface area contributed by atoms with E-state index >= 15 is 0 Å². The quantitative estimate of drug-likeness (QED) is 0.789. The van der Waals surface area contributed by atoms with Gasteiger partial charge < -0.3 is 9.64 Å². The first-order chi connectivity index (χ1) is 11.2. The van der Waals surface area contributed by atoms with Crippen molar-refractivity contribution in [3.63, 3.8) is 0 Å². The zero-order chi connectivity index (χ0) is 16.2. The summed E-state index contributed by atoms with van der Waals surface area (Å²) >= 11 is 0. The lowest BCUT2D eigenvalue weighted by Gasteiger charge is -2.27. The number of aryl methyl sites for hydroxylation is 1. The number of carbonyl (C=O) groups excluding carboxylic acids is 1. The van der Waals surface area contributed by atoms with Crippen LogP contribution in [-0.2, 0) is 22.5 Å². The summed E-state index contributed by atoms with van der Waals surface area (Å²) in [5.74, 6) is 0.297. The number of ether oxygens (including phenoxy) is 1. The minimum Gasteiger partial charge on any atom is -0.380 e. The first kappa shape index (κ1) is 16.5. The number of hydrogen-bond donors (Lipinski definition) is 0. The Bertz CT molecular complexity index is 524. The number of amides is 1. The molecule has 0 aromatic carbocycles. The van der Waals surface area contributed by atoms with E-state index in [1.54, 1.807) is 7.11 Å². The summed E-state index contributed by atoms with van der Waals surface area (Å²) in [6.07, 6.45) is 6.05. The Hall–Kier alpha value is -1.40. The smallest absolute Gasteiger partial charge is 0.240 e. The lowest BCUT2D eigenvalue weighted by atomic mass is 10.1. The lowest BCUT2D eigenvalue weighted by Crippen LogP contribution is -2.45. The highest BCUT2D eigenvalue weighted by atomic mass is 16.5. The van der Waals surface area contributed by atoms with Gasteiger partial charge in [0.1, 0.15) is 0 Å². The third-order valence-corrected chi connectivity index (χ3v) is 5.16. The molecule has 2 saturated heterocycles. The van der Waals surface area contributed by atoms with Crippen molar-refractivity contribution in [1.29, 1.82) is 0 Å². The van der Waals surface area contributed by atoms with Crippen LogP contribution >= 0.6 is 0 Å². The number of nitrogens with zero attached hydrogens (tertiary/aromatic N) is 4. The molecule has 0 bridgehead atoms. The minimum absolute atomic E-state index is 0.0175. The van der Waals surface area contributed by atoms with Crippen LogP contribution in [0, 0.1) is 0 Å². The van der Waals surface area contributed by atoms with E-state index in [4.69, 9.17) is 4.74 Å². The molecule has 0 spiro atoms. The zero-order valence-corrected chi connectivity index (χ0v) is 14.3. The van der Waals surface area contributed by atoms with E-state index in [1.807, 2.05) is 15.8 Å². The molecule has 2 aliphatic heterocycles. The van der Waals surface area contributed by atoms with Crippen molar-refractivity contribution < 1.29 is 9.53 Å². The maximum atomic E-state index is 12.8. The van der Waals surface area contributed by atoms with Crippen LogP contribution in [0.3, 0.4) is 0 Å². The SMILES string of the molecule is CCn1nccc1CCN1C[C@@H](OC)C[C@H]1C(=O)N1CCCC1. The van der Waals surface area contributed by atoms with E-state index in [2.05, 4.69) is 23.0 Å². The normalized spacial score (nSPS) is 25.4. The van der Waals surface area contributed by atoms with Gasteiger partial charge in [-0.1, -0.05) is 0 Å². The monoisotopic (exact) mass is 320 g/mol. The molecule has 0 aliphatic carbocycles. The fourth-order valence-electron chi connectivity index (χ4n) is 3.80. The molecule has 3 heterocycles. The number of hydrogen-bond acceptors (Lipinski definition) is 4. The van der Waals surface area contributed by atoms with Crippen LogP contribution in [0.25, 0.3) is 0 Å². The van der Waals surface area contributed by atoms with Gasteiger partial charge in [-0.25, -0.2) is 0 Å². The molecule has 128 valence electrons. The van der Waals surface area contributed by atoms with Crippen molar-refractivity contribution in [2.45, 2.75) is 51.3 Å². The van der Waals surface area contributed by atoms with Gasteiger partial charge in [0, 0.05) is 58.1 Å². The molecule has 23 heavy (non-hydrogen) atoms. The Kier molecular flexibility index (Phi) is 5.33. The van der Waals surface area contributed by atoms with Crippen molar-refractivity contribution in [2.24, 2.45) is 0 Å². The molecule has 0 radical (unpaired) electrons. The van der Waals surface area contributed by atoms with Crippen molar-refractivity contribution in [1.82, 2.24) is 19.6 Å². The van der Waals surface area contributed by atoms with E-state index in [9.17, 15) is 4.79 Å². The van der Waals surface area contributed by atoms with Crippen molar-refractivity contribution in [2.75, 3.05) is 33.3 Å². The molecule has 6 nitrogen and oxygen atoms in total. The molecular weight excluding hydrogens is 292 g/mol. The van der Waals surface area contributed by atoms with Gasteiger partial charge in [0.05, 0.1) is 12.1 Å². The predicted molar refractivity (Wildman–Crippen MR) is 88.2 cm³/mol. The van der Waals surface area contributed by atoms with E-state index in [-0.39, 0.29) is 12.1 Å². The summed E-state index contributed by atoms with van der Waals surface area (Å²) in [6.45, 7) is 6.57. The second-order valence-electron chi connectivity index (χ2n) is 6.52. The molecule has 0 saturated carbocycles. The fourth-order valence-corrected chi connectivity index (χ4v) is 3.80. The molecule has 2 aliphatic rings. The summed E-state index contributed by atoms with van der Waals surface area (Å²) in [4.78, 5) is 17.2. The fraction of sp³-hybridized carbons (Fsp3) is 0.765. The molecule has 3 rings (SSSR count). The zero-order valence-electron chi connectivity index (χ0n) is 14.3. The molecule has 2 atom stereocenters. The van der Waals surface area contributed by atoms with Gasteiger partial charge in [0.2, 0.25) is 5.91 Å². The molecular formula is C17H28N4O2. The summed E-state index contributed by atoms with van der Waals surface area (Å²) in [7, 11) is 1.75. The highest BCUT2D eigenvalue weighted by Crippen LogP contribution is 2.24. The average molecular weight is 320 g/mol. The van der Waals surface area contributed by atoms with Crippen molar-refractivity contribution >= 4 is 5.91 Å². The van der Waals surface area contributed by atoms with Crippen LogP contribution in [0.1, 0.15) is 31.9 Å². The molecule has 0 N–H and O–H groups in total. The number of aromatic nitrogens is 2. The van der Waals surface area contributed by atoms with Gasteiger partial charge in [-0.05, 0) is 32.3 Å². The number of rotatable bonds is 6. The van der Waals surface area contributed by atoms with E-state index in [0.717, 1.165) is 58.4 Å². The predicted octanol–water partition coefficient (Wildman–Crippen LogP) is 1.16. The topological polar surface area (TPSA) is 50.6 Å². The molecule has 0 unspecified atom stereocenters. The lowest BCUT2D eigenvalue weighted by molar-refractivity contribution is -0.134. The third-order valence-electron chi connectivity index (χ3n) is 5.16. The third kappa shape index (κ3) is 3.58. The van der Waals surface area contributed by atoms with Crippen LogP contribution in [0.15, 0.2) is 12.3 Å². The van der Waals surface area contributed by atoms with Gasteiger partial charge in [-0.2, -0.15) is 5.10 Å². The highest BCUT2D eigenvalue weighted by Gasteiger charge is 2.39. The Morgan fingerprint density at radius 2 is 2.17 bits per heavy atom. The van der Waals surface area contributed by atoms with Crippen molar-refractivity contribution in [3.8, 4) is 0 Å². The number of methoxy groups -OCH3 is 1. The number of likely N-dealkylation sites (tertiary alicyclic amines) is 2. The van der Waals surface area contributed by atoms with Gasteiger partial charge in [-0.3, -0.25) is 14.4 Å². The Morgan fingerprint density at radius 1 is 1.39 bits per heavy atom. The van der Waals surface area contributed by atoms with Crippen LogP contribution in [0.5, 0.6) is 0 Å². The number of carbonyl (C=O) groups is 1. The molecule has 6 heteroatoms. The molecule has 1 aromatic heterocycles. The Morgan fingerprint density at radius 3 is 2.87 bits per heavy atom. The maximum Gasteiger partial charge on any atom is 0.240 e. The van der Waals surface area contributed by atoms with E-state index in [0.29, 0.717) is 5.91 Å².